The summed E-state index contributed by atoms with van der Waals surface area (Å²) in [6.45, 7) is 1.57. The molecule has 1 aliphatic heterocycles. The van der Waals surface area contributed by atoms with Crippen molar-refractivity contribution in [1.82, 2.24) is 4.98 Å². The van der Waals surface area contributed by atoms with E-state index in [1.54, 1.807) is 6.20 Å². The number of pyridine rings is 1. The summed E-state index contributed by atoms with van der Waals surface area (Å²) in [7, 11) is 0. The molecule has 1 aromatic heterocycles. The molecule has 0 radical (unpaired) electrons. The van der Waals surface area contributed by atoms with E-state index < -0.39 is 5.79 Å². The van der Waals surface area contributed by atoms with Gasteiger partial charge in [-0.05, 0) is 17.7 Å². The number of ether oxygens (including phenoxy) is 3. The predicted molar refractivity (Wildman–Crippen MR) is 86.6 cm³/mol. The van der Waals surface area contributed by atoms with Gasteiger partial charge in [-0.25, -0.2) is 0 Å². The van der Waals surface area contributed by atoms with Crippen molar-refractivity contribution in [2.24, 2.45) is 0 Å². The quantitative estimate of drug-likeness (QED) is 0.738. The average molecular weight is 364 g/mol. The molecule has 2 atom stereocenters. The number of rotatable bonds is 6. The molecule has 0 bridgehead atoms. The smallest absolute Gasteiger partial charge is 0.222 e. The number of halogens is 1. The third kappa shape index (κ3) is 3.55. The molecule has 1 aliphatic rings. The molecular weight excluding hydrogens is 346 g/mol. The molecule has 0 N–H and O–H groups in total. The lowest BCUT2D eigenvalue weighted by molar-refractivity contribution is -0.165. The Bertz CT molecular complexity index is 581. The van der Waals surface area contributed by atoms with Gasteiger partial charge in [-0.3, -0.25) is 4.98 Å². The van der Waals surface area contributed by atoms with Gasteiger partial charge in [0, 0.05) is 6.20 Å². The third-order valence-corrected chi connectivity index (χ3v) is 4.24. The molecule has 0 aliphatic carbocycles. The molecule has 5 heteroatoms. The molecule has 22 heavy (non-hydrogen) atoms. The summed E-state index contributed by atoms with van der Waals surface area (Å²) in [5, 5.41) is 0.534. The Kier molecular flexibility index (Phi) is 5.20. The maximum atomic E-state index is 6.07. The van der Waals surface area contributed by atoms with Crippen LogP contribution in [0.5, 0.6) is 0 Å². The van der Waals surface area contributed by atoms with Crippen LogP contribution in [0.15, 0.2) is 54.7 Å². The van der Waals surface area contributed by atoms with Crippen LogP contribution in [0.25, 0.3) is 0 Å². The Morgan fingerprint density at radius 2 is 2.00 bits per heavy atom. The minimum absolute atomic E-state index is 0.0942. The first kappa shape index (κ1) is 15.6. The van der Waals surface area contributed by atoms with Crippen LogP contribution in [0.2, 0.25) is 0 Å². The highest BCUT2D eigenvalue weighted by Gasteiger charge is 2.43. The van der Waals surface area contributed by atoms with Crippen LogP contribution in [0, 0.1) is 0 Å². The molecule has 0 unspecified atom stereocenters. The fourth-order valence-electron chi connectivity index (χ4n) is 2.39. The molecule has 2 heterocycles. The predicted octanol–water partition coefficient (Wildman–Crippen LogP) is 3.26. The summed E-state index contributed by atoms with van der Waals surface area (Å²) in [5.41, 5.74) is 1.93. The summed E-state index contributed by atoms with van der Waals surface area (Å²) in [5.74, 6) is -0.817. The topological polar surface area (TPSA) is 40.6 Å². The summed E-state index contributed by atoms with van der Waals surface area (Å²) >= 11 is 3.47. The van der Waals surface area contributed by atoms with E-state index in [4.69, 9.17) is 14.2 Å². The second kappa shape index (κ2) is 7.33. The van der Waals surface area contributed by atoms with E-state index in [1.807, 2.05) is 48.5 Å². The molecule has 2 aromatic rings. The maximum absolute atomic E-state index is 6.07. The summed E-state index contributed by atoms with van der Waals surface area (Å²) in [4.78, 5) is 4.35. The molecule has 1 saturated heterocycles. The van der Waals surface area contributed by atoms with Gasteiger partial charge in [0.05, 0.1) is 25.2 Å². The average Bonchev–Trinajstić information content (AvgIpc) is 3.01. The maximum Gasteiger partial charge on any atom is 0.222 e. The number of alkyl halides is 1. The van der Waals surface area contributed by atoms with Crippen LogP contribution in [-0.4, -0.2) is 29.6 Å². The van der Waals surface area contributed by atoms with E-state index in [0.717, 1.165) is 11.3 Å². The Balaban J connectivity index is 1.55. The van der Waals surface area contributed by atoms with Crippen LogP contribution in [0.1, 0.15) is 11.3 Å². The van der Waals surface area contributed by atoms with Crippen LogP contribution < -0.4 is 0 Å². The molecule has 116 valence electrons. The van der Waals surface area contributed by atoms with E-state index in [-0.39, 0.29) is 6.10 Å². The standard InChI is InChI=1S/C17H18BrNO3/c18-13-17(16-8-4-5-9-19-16)21-12-15(22-17)11-20-10-14-6-2-1-3-7-14/h1-9,15H,10-13H2/t15-,17-/m1/s1. The number of benzene rings is 1. The van der Waals surface area contributed by atoms with E-state index in [1.165, 1.54) is 0 Å². The molecule has 0 amide bonds. The van der Waals surface area contributed by atoms with Crippen molar-refractivity contribution in [1.29, 1.82) is 0 Å². The number of hydrogen-bond donors (Lipinski definition) is 0. The SMILES string of the molecule is BrC[C@@]1(c2ccccn2)OC[C@@H](COCc2ccccc2)O1. The van der Waals surface area contributed by atoms with Crippen molar-refractivity contribution in [2.45, 2.75) is 18.5 Å². The zero-order valence-corrected chi connectivity index (χ0v) is 13.7. The normalized spacial score (nSPS) is 24.5. The molecule has 3 rings (SSSR count). The van der Waals surface area contributed by atoms with Gasteiger partial charge in [0.2, 0.25) is 5.79 Å². The van der Waals surface area contributed by atoms with Crippen molar-refractivity contribution in [3.63, 3.8) is 0 Å². The first-order valence-electron chi connectivity index (χ1n) is 7.23. The second-order valence-corrected chi connectivity index (χ2v) is 5.71. The first-order valence-corrected chi connectivity index (χ1v) is 8.35. The van der Waals surface area contributed by atoms with Crippen molar-refractivity contribution in [2.75, 3.05) is 18.5 Å². The van der Waals surface area contributed by atoms with E-state index in [2.05, 4.69) is 20.9 Å². The highest BCUT2D eigenvalue weighted by molar-refractivity contribution is 9.09. The van der Waals surface area contributed by atoms with E-state index >= 15 is 0 Å². The minimum atomic E-state index is -0.817. The van der Waals surface area contributed by atoms with Gasteiger partial charge in [0.25, 0.3) is 0 Å². The van der Waals surface area contributed by atoms with Crippen molar-refractivity contribution in [3.05, 3.63) is 66.0 Å². The lowest BCUT2D eigenvalue weighted by atomic mass is 10.2. The zero-order valence-electron chi connectivity index (χ0n) is 12.2. The first-order chi connectivity index (χ1) is 10.8. The summed E-state index contributed by atoms with van der Waals surface area (Å²) in [6, 6.07) is 15.8. The van der Waals surface area contributed by atoms with Gasteiger partial charge in [0.15, 0.2) is 0 Å². The van der Waals surface area contributed by atoms with Gasteiger partial charge in [-0.2, -0.15) is 0 Å². The number of aromatic nitrogens is 1. The fraction of sp³-hybridized carbons (Fsp3) is 0.353. The molecule has 0 saturated carbocycles. The summed E-state index contributed by atoms with van der Waals surface area (Å²) in [6.07, 6.45) is 1.65. The van der Waals surface area contributed by atoms with Gasteiger partial charge in [-0.15, -0.1) is 0 Å². The van der Waals surface area contributed by atoms with Crippen molar-refractivity contribution >= 4 is 15.9 Å². The highest BCUT2D eigenvalue weighted by atomic mass is 79.9. The van der Waals surface area contributed by atoms with Crippen LogP contribution in [-0.2, 0) is 26.6 Å². The van der Waals surface area contributed by atoms with Crippen molar-refractivity contribution in [3.8, 4) is 0 Å². The lowest BCUT2D eigenvalue weighted by Crippen LogP contribution is -2.31. The largest absolute Gasteiger partial charge is 0.374 e. The molecule has 4 nitrogen and oxygen atoms in total. The van der Waals surface area contributed by atoms with Crippen LogP contribution in [0.3, 0.4) is 0 Å². The van der Waals surface area contributed by atoms with Gasteiger partial charge >= 0.3 is 0 Å². The fourth-order valence-corrected chi connectivity index (χ4v) is 2.97. The molecular formula is C17H18BrNO3. The van der Waals surface area contributed by atoms with Crippen LogP contribution >= 0.6 is 15.9 Å². The Labute approximate surface area is 138 Å². The number of hydrogen-bond acceptors (Lipinski definition) is 4. The molecule has 0 spiro atoms. The van der Waals surface area contributed by atoms with Crippen molar-refractivity contribution < 1.29 is 14.2 Å². The monoisotopic (exact) mass is 363 g/mol. The van der Waals surface area contributed by atoms with Crippen LogP contribution in [0.4, 0.5) is 0 Å². The third-order valence-electron chi connectivity index (χ3n) is 3.51. The van der Waals surface area contributed by atoms with E-state index in [9.17, 15) is 0 Å². The van der Waals surface area contributed by atoms with E-state index in [0.29, 0.717) is 25.2 Å². The molecule has 1 fully saturated rings. The lowest BCUT2D eigenvalue weighted by Gasteiger charge is -2.25. The van der Waals surface area contributed by atoms with Gasteiger partial charge in [-0.1, -0.05) is 52.3 Å². The Morgan fingerprint density at radius 3 is 2.73 bits per heavy atom. The van der Waals surface area contributed by atoms with Gasteiger partial charge in [0.1, 0.15) is 11.8 Å². The minimum Gasteiger partial charge on any atom is -0.374 e. The molecule has 1 aromatic carbocycles. The second-order valence-electron chi connectivity index (χ2n) is 5.15. The zero-order chi connectivity index (χ0) is 15.3. The summed E-state index contributed by atoms with van der Waals surface area (Å²) < 4.78 is 17.7. The van der Waals surface area contributed by atoms with Gasteiger partial charge < -0.3 is 14.2 Å². The number of nitrogens with zero attached hydrogens (tertiary/aromatic N) is 1. The Hall–Kier alpha value is -1.27. The Morgan fingerprint density at radius 1 is 1.18 bits per heavy atom. The highest BCUT2D eigenvalue weighted by Crippen LogP contribution is 2.34.